The van der Waals surface area contributed by atoms with E-state index in [1.165, 1.54) is 0 Å². The normalized spacial score (nSPS) is 18.4. The number of carbonyl (C=O) groups excluding carboxylic acids is 1. The van der Waals surface area contributed by atoms with Crippen LogP contribution in [-0.4, -0.2) is 39.2 Å². The number of nitrogens with one attached hydrogen (secondary N) is 1. The molecule has 6 heteroatoms. The van der Waals surface area contributed by atoms with Gasteiger partial charge in [0.05, 0.1) is 17.9 Å². The number of imidazole rings is 1. The van der Waals surface area contributed by atoms with Gasteiger partial charge in [-0.2, -0.15) is 0 Å². The third-order valence-corrected chi connectivity index (χ3v) is 5.71. The van der Waals surface area contributed by atoms with Crippen LogP contribution >= 0.6 is 0 Å². The van der Waals surface area contributed by atoms with Gasteiger partial charge in [0.2, 0.25) is 0 Å². The fourth-order valence-corrected chi connectivity index (χ4v) is 3.78. The summed E-state index contributed by atoms with van der Waals surface area (Å²) in [6, 6.07) is 0. The molecule has 1 aromatic heterocycles. The average Bonchev–Trinajstić information content (AvgIpc) is 3.28. The van der Waals surface area contributed by atoms with Crippen LogP contribution in [-0.2, 0) is 17.9 Å². The Bertz CT molecular complexity index is 850. The summed E-state index contributed by atoms with van der Waals surface area (Å²) in [5, 5.41) is 3.47. The lowest BCUT2D eigenvalue weighted by Crippen LogP contribution is -2.40. The van der Waals surface area contributed by atoms with Gasteiger partial charge in [-0.3, -0.25) is 4.79 Å². The molecule has 0 unspecified atom stereocenters. The Morgan fingerprint density at radius 3 is 2.44 bits per heavy atom. The Labute approximate surface area is 162 Å². The number of aryl methyl sites for hydroxylation is 2. The van der Waals surface area contributed by atoms with Crippen molar-refractivity contribution in [3.8, 4) is 0 Å². The van der Waals surface area contributed by atoms with Gasteiger partial charge in [0, 0.05) is 29.8 Å². The van der Waals surface area contributed by atoms with Crippen molar-refractivity contribution >= 4 is 12.6 Å². The fraction of sp³-hybridized carbons (Fsp3) is 0.571. The lowest BCUT2D eigenvalue weighted by Gasteiger charge is -2.31. The van der Waals surface area contributed by atoms with Crippen molar-refractivity contribution in [1.82, 2.24) is 19.8 Å². The Kier molecular flexibility index (Phi) is 5.02. The maximum atomic E-state index is 13.4. The number of fused-ring (bicyclic) bond motifs is 1. The summed E-state index contributed by atoms with van der Waals surface area (Å²) < 4.78 is 2.22. The van der Waals surface area contributed by atoms with Crippen LogP contribution in [0.25, 0.3) is 0 Å². The van der Waals surface area contributed by atoms with Gasteiger partial charge in [0.25, 0.3) is 5.91 Å². The summed E-state index contributed by atoms with van der Waals surface area (Å²) in [5.74, 6) is 1.79. The minimum atomic E-state index is 0.0564. The van der Waals surface area contributed by atoms with E-state index >= 15 is 0 Å². The maximum Gasteiger partial charge on any atom is 0.254 e. The molecule has 1 amide bonds. The first-order valence-electron chi connectivity index (χ1n) is 9.62. The highest BCUT2D eigenvalue weighted by molar-refractivity contribution is 5.98. The lowest BCUT2D eigenvalue weighted by molar-refractivity contribution is -0.128. The van der Waals surface area contributed by atoms with Crippen LogP contribution < -0.4 is 5.32 Å². The second-order valence-corrected chi connectivity index (χ2v) is 8.26. The van der Waals surface area contributed by atoms with Crippen molar-refractivity contribution in [3.05, 3.63) is 39.8 Å². The summed E-state index contributed by atoms with van der Waals surface area (Å²) in [6.07, 6.45) is 2.23. The third kappa shape index (κ3) is 3.70. The van der Waals surface area contributed by atoms with Crippen LogP contribution in [0.2, 0.25) is 0 Å². The van der Waals surface area contributed by atoms with E-state index in [9.17, 15) is 4.79 Å². The van der Waals surface area contributed by atoms with Crippen molar-refractivity contribution in [3.63, 3.8) is 0 Å². The predicted octanol–water partition coefficient (Wildman–Crippen LogP) is 3.25. The van der Waals surface area contributed by atoms with E-state index in [0.717, 1.165) is 53.3 Å². The number of rotatable bonds is 5. The Hall–Kier alpha value is -2.37. The topological polar surface area (TPSA) is 62.5 Å². The average molecular weight is 370 g/mol. The minimum absolute atomic E-state index is 0.0564. The molecule has 0 spiro atoms. The molecule has 1 N–H and O–H groups in total. The van der Waals surface area contributed by atoms with Crippen LogP contribution in [0.1, 0.15) is 57.7 Å². The van der Waals surface area contributed by atoms with Gasteiger partial charge in [-0.15, -0.1) is 0 Å². The van der Waals surface area contributed by atoms with Gasteiger partial charge < -0.3 is 14.8 Å². The summed E-state index contributed by atoms with van der Waals surface area (Å²) in [7, 11) is 0. The smallest absolute Gasteiger partial charge is 0.254 e. The molecular weight excluding hydrogens is 338 g/mol. The SMILES string of the molecule is C=N/C(NC1(C)CC1)=C(\C)C(C(=O)N1CCn2c(C)nc(C)c2C1)=C(C)C. The van der Waals surface area contributed by atoms with Crippen LogP contribution in [0.3, 0.4) is 0 Å². The fourth-order valence-electron chi connectivity index (χ4n) is 3.78. The molecular formula is C21H31N5O. The van der Waals surface area contributed by atoms with E-state index in [4.69, 9.17) is 0 Å². The molecule has 0 atom stereocenters. The maximum absolute atomic E-state index is 13.4. The number of nitrogens with zero attached hydrogens (tertiary/aromatic N) is 4. The number of aromatic nitrogens is 2. The number of hydrogen-bond acceptors (Lipinski definition) is 4. The number of aliphatic imine (C=N–C) groups is 1. The monoisotopic (exact) mass is 369 g/mol. The molecule has 2 aliphatic rings. The Morgan fingerprint density at radius 2 is 1.89 bits per heavy atom. The molecule has 1 aromatic rings. The first-order valence-corrected chi connectivity index (χ1v) is 9.62. The van der Waals surface area contributed by atoms with Crippen LogP contribution in [0, 0.1) is 13.8 Å². The van der Waals surface area contributed by atoms with E-state index in [-0.39, 0.29) is 11.4 Å². The standard InChI is InChI=1S/C21H31N5O/c1-13(2)18(14(3)19(22-7)24-21(6)8-9-21)20(27)25-10-11-26-16(5)23-15(4)17(26)12-25/h24H,7-12H2,1-6H3/b19-14-. The van der Waals surface area contributed by atoms with E-state index in [1.54, 1.807) is 0 Å². The first-order chi connectivity index (χ1) is 12.7. The first kappa shape index (κ1) is 19.4. The van der Waals surface area contributed by atoms with Crippen molar-refractivity contribution < 1.29 is 4.79 Å². The molecule has 0 aromatic carbocycles. The quantitative estimate of drug-likeness (QED) is 0.492. The molecule has 146 valence electrons. The molecule has 3 rings (SSSR count). The van der Waals surface area contributed by atoms with E-state index in [1.807, 2.05) is 39.5 Å². The zero-order chi connectivity index (χ0) is 19.9. The van der Waals surface area contributed by atoms with Crippen molar-refractivity contribution in [2.45, 2.75) is 73.0 Å². The lowest BCUT2D eigenvalue weighted by atomic mass is 10.00. The Morgan fingerprint density at radius 1 is 1.22 bits per heavy atom. The van der Waals surface area contributed by atoms with Gasteiger partial charge in [-0.05, 0) is 61.1 Å². The number of carbonyl (C=O) groups is 1. The minimum Gasteiger partial charge on any atom is -0.365 e. The summed E-state index contributed by atoms with van der Waals surface area (Å²) >= 11 is 0. The van der Waals surface area contributed by atoms with Crippen molar-refractivity contribution in [1.29, 1.82) is 0 Å². The molecule has 1 fully saturated rings. The number of hydrogen-bond donors (Lipinski definition) is 1. The molecule has 1 aliphatic heterocycles. The largest absolute Gasteiger partial charge is 0.365 e. The van der Waals surface area contributed by atoms with Gasteiger partial charge in [0.1, 0.15) is 11.6 Å². The molecule has 1 aliphatic carbocycles. The highest BCUT2D eigenvalue weighted by atomic mass is 16.2. The molecule has 2 heterocycles. The van der Waals surface area contributed by atoms with E-state index in [0.29, 0.717) is 18.9 Å². The molecule has 6 nitrogen and oxygen atoms in total. The van der Waals surface area contributed by atoms with Crippen LogP contribution in [0.4, 0.5) is 0 Å². The summed E-state index contributed by atoms with van der Waals surface area (Å²) in [4.78, 5) is 24.1. The third-order valence-electron chi connectivity index (χ3n) is 5.71. The second kappa shape index (κ2) is 6.98. The van der Waals surface area contributed by atoms with Crippen molar-refractivity contribution in [2.75, 3.05) is 6.54 Å². The number of allylic oxidation sites excluding steroid dienone is 1. The van der Waals surface area contributed by atoms with Gasteiger partial charge in [0.15, 0.2) is 0 Å². The highest BCUT2D eigenvalue weighted by Gasteiger charge is 2.38. The molecule has 0 bridgehead atoms. The molecule has 0 saturated heterocycles. The zero-order valence-corrected chi connectivity index (χ0v) is 17.4. The van der Waals surface area contributed by atoms with Crippen molar-refractivity contribution in [2.24, 2.45) is 4.99 Å². The predicted molar refractivity (Wildman–Crippen MR) is 109 cm³/mol. The van der Waals surface area contributed by atoms with Gasteiger partial charge in [-0.1, -0.05) is 5.57 Å². The second-order valence-electron chi connectivity index (χ2n) is 8.26. The molecule has 27 heavy (non-hydrogen) atoms. The van der Waals surface area contributed by atoms with Gasteiger partial charge in [-0.25, -0.2) is 9.98 Å². The Balaban J connectivity index is 1.89. The number of amides is 1. The zero-order valence-electron chi connectivity index (χ0n) is 17.4. The summed E-state index contributed by atoms with van der Waals surface area (Å²) in [6.45, 7) is 17.9. The van der Waals surface area contributed by atoms with E-state index < -0.39 is 0 Å². The van der Waals surface area contributed by atoms with Crippen LogP contribution in [0.15, 0.2) is 27.5 Å². The van der Waals surface area contributed by atoms with Crippen LogP contribution in [0.5, 0.6) is 0 Å². The van der Waals surface area contributed by atoms with Gasteiger partial charge >= 0.3 is 0 Å². The highest BCUT2D eigenvalue weighted by Crippen LogP contribution is 2.36. The van der Waals surface area contributed by atoms with E-state index in [2.05, 4.69) is 33.5 Å². The summed E-state index contributed by atoms with van der Waals surface area (Å²) in [5.41, 5.74) is 4.82. The molecule has 0 radical (unpaired) electrons. The molecule has 1 saturated carbocycles.